The Morgan fingerprint density at radius 3 is 2.64 bits per heavy atom. The monoisotopic (exact) mass is 299 g/mol. The molecule has 6 heteroatoms. The first-order valence-electron chi connectivity index (χ1n) is 7.16. The summed E-state index contributed by atoms with van der Waals surface area (Å²) in [5.41, 5.74) is 1.55. The van der Waals surface area contributed by atoms with Gasteiger partial charge in [-0.15, -0.1) is 0 Å². The number of nitrogens with zero attached hydrogens (tertiary/aromatic N) is 4. The van der Waals surface area contributed by atoms with Crippen LogP contribution in [0.15, 0.2) is 48.9 Å². The second-order valence-electron chi connectivity index (χ2n) is 5.22. The molecular weight excluding hydrogens is 278 g/mol. The summed E-state index contributed by atoms with van der Waals surface area (Å²) in [7, 11) is 3.97. The average Bonchev–Trinajstić information content (AvgIpc) is 2.53. The Morgan fingerprint density at radius 1 is 1.14 bits per heavy atom. The van der Waals surface area contributed by atoms with E-state index in [1.54, 1.807) is 29.6 Å². The Hall–Kier alpha value is -2.47. The van der Waals surface area contributed by atoms with Gasteiger partial charge >= 0.3 is 6.03 Å². The maximum Gasteiger partial charge on any atom is 0.322 e. The minimum Gasteiger partial charge on any atom is -0.317 e. The summed E-state index contributed by atoms with van der Waals surface area (Å²) in [4.78, 5) is 24.5. The number of hydrogen-bond donors (Lipinski definition) is 1. The molecule has 0 unspecified atom stereocenters. The van der Waals surface area contributed by atoms with Gasteiger partial charge < -0.3 is 15.1 Å². The highest BCUT2D eigenvalue weighted by Gasteiger charge is 2.15. The lowest BCUT2D eigenvalue weighted by atomic mass is 10.3. The molecule has 0 aliphatic heterocycles. The van der Waals surface area contributed by atoms with Crippen LogP contribution in [0.25, 0.3) is 0 Å². The van der Waals surface area contributed by atoms with Crippen LogP contribution in [-0.4, -0.2) is 53.0 Å². The van der Waals surface area contributed by atoms with Crippen LogP contribution < -0.4 is 5.32 Å². The summed E-state index contributed by atoms with van der Waals surface area (Å²) in [6.07, 6.45) is 5.04. The highest BCUT2D eigenvalue weighted by Crippen LogP contribution is 2.07. The third kappa shape index (κ3) is 5.14. The van der Waals surface area contributed by atoms with Crippen molar-refractivity contribution in [2.75, 3.05) is 32.5 Å². The standard InChI is InChI=1S/C16H21N5O/c1-20(2)10-11-21(13-15-6-3-4-9-18-15)16(22)19-14-7-5-8-17-12-14/h3-9,12H,10-11,13H2,1-2H3,(H,19,22). The number of anilines is 1. The first-order chi connectivity index (χ1) is 10.6. The fourth-order valence-corrected chi connectivity index (χ4v) is 1.90. The van der Waals surface area contributed by atoms with Crippen molar-refractivity contribution < 1.29 is 4.79 Å². The number of rotatable bonds is 6. The maximum atomic E-state index is 12.5. The molecule has 0 saturated heterocycles. The van der Waals surface area contributed by atoms with E-state index in [0.717, 1.165) is 12.2 Å². The van der Waals surface area contributed by atoms with Crippen LogP contribution in [0.2, 0.25) is 0 Å². The van der Waals surface area contributed by atoms with Crippen LogP contribution in [0, 0.1) is 0 Å². The lowest BCUT2D eigenvalue weighted by Gasteiger charge is -2.24. The van der Waals surface area contributed by atoms with Gasteiger partial charge in [-0.2, -0.15) is 0 Å². The van der Waals surface area contributed by atoms with Crippen LogP contribution in [-0.2, 0) is 6.54 Å². The summed E-state index contributed by atoms with van der Waals surface area (Å²) >= 11 is 0. The lowest BCUT2D eigenvalue weighted by molar-refractivity contribution is 0.201. The molecule has 2 heterocycles. The van der Waals surface area contributed by atoms with E-state index in [4.69, 9.17) is 0 Å². The zero-order valence-corrected chi connectivity index (χ0v) is 12.9. The number of carbonyl (C=O) groups is 1. The van der Waals surface area contributed by atoms with E-state index in [0.29, 0.717) is 18.8 Å². The molecule has 0 atom stereocenters. The third-order valence-corrected chi connectivity index (χ3v) is 3.10. The molecular formula is C16H21N5O. The van der Waals surface area contributed by atoms with Gasteiger partial charge in [0.2, 0.25) is 0 Å². The van der Waals surface area contributed by atoms with E-state index < -0.39 is 0 Å². The van der Waals surface area contributed by atoms with Crippen molar-refractivity contribution in [3.63, 3.8) is 0 Å². The molecule has 0 spiro atoms. The first-order valence-corrected chi connectivity index (χ1v) is 7.16. The summed E-state index contributed by atoms with van der Waals surface area (Å²) in [6, 6.07) is 9.16. The molecule has 0 aliphatic carbocycles. The van der Waals surface area contributed by atoms with Crippen molar-refractivity contribution in [3.05, 3.63) is 54.6 Å². The molecule has 2 rings (SSSR count). The fourth-order valence-electron chi connectivity index (χ4n) is 1.90. The predicted molar refractivity (Wildman–Crippen MR) is 86.5 cm³/mol. The van der Waals surface area contributed by atoms with E-state index in [1.807, 2.05) is 43.3 Å². The van der Waals surface area contributed by atoms with E-state index in [1.165, 1.54) is 0 Å². The molecule has 0 aromatic carbocycles. The maximum absolute atomic E-state index is 12.5. The van der Waals surface area contributed by atoms with Gasteiger partial charge in [-0.05, 0) is 38.4 Å². The van der Waals surface area contributed by atoms with E-state index in [-0.39, 0.29) is 6.03 Å². The van der Waals surface area contributed by atoms with Gasteiger partial charge in [-0.3, -0.25) is 9.97 Å². The minimum atomic E-state index is -0.152. The van der Waals surface area contributed by atoms with Crippen LogP contribution in [0.4, 0.5) is 10.5 Å². The largest absolute Gasteiger partial charge is 0.322 e. The number of amides is 2. The van der Waals surface area contributed by atoms with Crippen molar-refractivity contribution in [2.24, 2.45) is 0 Å². The summed E-state index contributed by atoms with van der Waals surface area (Å²) in [6.45, 7) is 1.88. The van der Waals surface area contributed by atoms with E-state index in [2.05, 4.69) is 15.3 Å². The van der Waals surface area contributed by atoms with Crippen molar-refractivity contribution in [2.45, 2.75) is 6.54 Å². The van der Waals surface area contributed by atoms with Gasteiger partial charge in [-0.25, -0.2) is 4.79 Å². The Morgan fingerprint density at radius 2 is 2.00 bits per heavy atom. The molecule has 0 fully saturated rings. The van der Waals surface area contributed by atoms with Gasteiger partial charge in [0, 0.05) is 25.5 Å². The molecule has 1 N–H and O–H groups in total. The molecule has 0 radical (unpaired) electrons. The Labute approximate surface area is 130 Å². The number of urea groups is 1. The second-order valence-corrected chi connectivity index (χ2v) is 5.22. The van der Waals surface area contributed by atoms with Crippen LogP contribution >= 0.6 is 0 Å². The summed E-state index contributed by atoms with van der Waals surface area (Å²) < 4.78 is 0. The Kier molecular flexibility index (Phi) is 5.85. The number of carbonyl (C=O) groups excluding carboxylic acids is 1. The zero-order chi connectivity index (χ0) is 15.8. The fraction of sp³-hybridized carbons (Fsp3) is 0.312. The number of nitrogens with one attached hydrogen (secondary N) is 1. The van der Waals surface area contributed by atoms with Crippen LogP contribution in [0.5, 0.6) is 0 Å². The van der Waals surface area contributed by atoms with Gasteiger partial charge in [-0.1, -0.05) is 6.07 Å². The smallest absolute Gasteiger partial charge is 0.317 e. The first kappa shape index (κ1) is 15.9. The number of hydrogen-bond acceptors (Lipinski definition) is 4. The zero-order valence-electron chi connectivity index (χ0n) is 12.9. The molecule has 22 heavy (non-hydrogen) atoms. The van der Waals surface area contributed by atoms with Crippen molar-refractivity contribution in [1.29, 1.82) is 0 Å². The summed E-state index contributed by atoms with van der Waals surface area (Å²) in [5.74, 6) is 0. The normalized spacial score (nSPS) is 10.5. The van der Waals surface area contributed by atoms with E-state index >= 15 is 0 Å². The molecule has 2 aromatic heterocycles. The van der Waals surface area contributed by atoms with Gasteiger partial charge in [0.1, 0.15) is 0 Å². The quantitative estimate of drug-likeness (QED) is 0.887. The summed E-state index contributed by atoms with van der Waals surface area (Å²) in [5, 5.41) is 2.86. The molecule has 0 bridgehead atoms. The minimum absolute atomic E-state index is 0.152. The SMILES string of the molecule is CN(C)CCN(Cc1ccccn1)C(=O)Nc1cccnc1. The Bertz CT molecular complexity index is 574. The number of aromatic nitrogens is 2. The van der Waals surface area contributed by atoms with Crippen LogP contribution in [0.3, 0.4) is 0 Å². The highest BCUT2D eigenvalue weighted by molar-refractivity contribution is 5.89. The van der Waals surface area contributed by atoms with Crippen molar-refractivity contribution in [1.82, 2.24) is 19.8 Å². The topological polar surface area (TPSA) is 61.4 Å². The van der Waals surface area contributed by atoms with E-state index in [9.17, 15) is 4.79 Å². The molecule has 2 amide bonds. The number of likely N-dealkylation sites (N-methyl/N-ethyl adjacent to an activating group) is 1. The van der Waals surface area contributed by atoms with Crippen molar-refractivity contribution >= 4 is 11.7 Å². The molecule has 6 nitrogen and oxygen atoms in total. The van der Waals surface area contributed by atoms with Gasteiger partial charge in [0.15, 0.2) is 0 Å². The molecule has 0 aliphatic rings. The third-order valence-electron chi connectivity index (χ3n) is 3.10. The molecule has 2 aromatic rings. The average molecular weight is 299 g/mol. The molecule has 0 saturated carbocycles. The van der Waals surface area contributed by atoms with Gasteiger partial charge in [0.25, 0.3) is 0 Å². The molecule has 116 valence electrons. The lowest BCUT2D eigenvalue weighted by Crippen LogP contribution is -2.39. The highest BCUT2D eigenvalue weighted by atomic mass is 16.2. The second kappa shape index (κ2) is 8.09. The predicted octanol–water partition coefficient (Wildman–Crippen LogP) is 2.07. The van der Waals surface area contributed by atoms with Crippen molar-refractivity contribution in [3.8, 4) is 0 Å². The number of pyridine rings is 2. The van der Waals surface area contributed by atoms with Crippen LogP contribution in [0.1, 0.15) is 5.69 Å². The van der Waals surface area contributed by atoms with Gasteiger partial charge in [0.05, 0.1) is 24.1 Å². The Balaban J connectivity index is 2.04.